The molecule has 0 aliphatic carbocycles. The van der Waals surface area contributed by atoms with E-state index < -0.39 is 0 Å². The Balaban J connectivity index is 1.92. The molecular weight excluding hydrogens is 204 g/mol. The molecule has 1 aliphatic heterocycles. The van der Waals surface area contributed by atoms with Gasteiger partial charge >= 0.3 is 5.97 Å². The van der Waals surface area contributed by atoms with Gasteiger partial charge in [0.1, 0.15) is 0 Å². The highest BCUT2D eigenvalue weighted by Gasteiger charge is 2.09. The Hall–Kier alpha value is -0.870. The maximum absolute atomic E-state index is 10.9. The van der Waals surface area contributed by atoms with Gasteiger partial charge in [-0.3, -0.25) is 0 Å². The summed E-state index contributed by atoms with van der Waals surface area (Å²) in [5.41, 5.74) is 0. The van der Waals surface area contributed by atoms with Crippen LogP contribution in [0.3, 0.4) is 0 Å². The molecule has 0 bridgehead atoms. The van der Waals surface area contributed by atoms with Gasteiger partial charge in [0, 0.05) is 25.7 Å². The van der Waals surface area contributed by atoms with Crippen molar-refractivity contribution in [2.45, 2.75) is 19.8 Å². The second-order valence-electron chi connectivity index (χ2n) is 3.91. The average molecular weight is 226 g/mol. The number of hydrogen-bond acceptors (Lipinski definition) is 4. The summed E-state index contributed by atoms with van der Waals surface area (Å²) < 4.78 is 4.77. The van der Waals surface area contributed by atoms with E-state index in [9.17, 15) is 4.79 Å². The van der Waals surface area contributed by atoms with Gasteiger partial charge in [-0.1, -0.05) is 6.08 Å². The van der Waals surface area contributed by atoms with Crippen molar-refractivity contribution in [1.29, 1.82) is 0 Å². The first-order valence-corrected chi connectivity index (χ1v) is 6.09. The zero-order valence-corrected chi connectivity index (χ0v) is 10.1. The van der Waals surface area contributed by atoms with E-state index >= 15 is 0 Å². The molecule has 1 N–H and O–H groups in total. The Morgan fingerprint density at radius 3 is 2.88 bits per heavy atom. The van der Waals surface area contributed by atoms with Crippen LogP contribution >= 0.6 is 0 Å². The van der Waals surface area contributed by atoms with Gasteiger partial charge in [-0.25, -0.2) is 4.79 Å². The summed E-state index contributed by atoms with van der Waals surface area (Å²) in [6.07, 6.45) is 5.96. The van der Waals surface area contributed by atoms with Crippen molar-refractivity contribution in [3.05, 3.63) is 12.2 Å². The number of esters is 1. The highest BCUT2D eigenvalue weighted by molar-refractivity contribution is 5.81. The Morgan fingerprint density at radius 2 is 2.19 bits per heavy atom. The van der Waals surface area contributed by atoms with Gasteiger partial charge in [0.15, 0.2) is 0 Å². The van der Waals surface area contributed by atoms with Crippen molar-refractivity contribution < 1.29 is 9.53 Å². The predicted molar refractivity (Wildman–Crippen MR) is 64.3 cm³/mol. The number of ether oxygens (including phenoxy) is 1. The molecule has 92 valence electrons. The third kappa shape index (κ3) is 5.88. The second kappa shape index (κ2) is 8.30. The molecule has 1 saturated heterocycles. The molecule has 0 spiro atoms. The summed E-state index contributed by atoms with van der Waals surface area (Å²) in [7, 11) is 0. The lowest BCUT2D eigenvalue weighted by molar-refractivity contribution is -0.137. The lowest BCUT2D eigenvalue weighted by Crippen LogP contribution is -2.30. The van der Waals surface area contributed by atoms with Crippen molar-refractivity contribution >= 4 is 5.97 Å². The molecule has 0 atom stereocenters. The molecule has 1 rings (SSSR count). The fourth-order valence-electron chi connectivity index (χ4n) is 1.77. The van der Waals surface area contributed by atoms with Crippen LogP contribution in [0.1, 0.15) is 19.8 Å². The molecule has 4 heteroatoms. The van der Waals surface area contributed by atoms with Gasteiger partial charge in [-0.05, 0) is 32.9 Å². The first-order chi connectivity index (χ1) is 7.83. The molecule has 0 aromatic heterocycles. The van der Waals surface area contributed by atoms with Crippen molar-refractivity contribution in [3.63, 3.8) is 0 Å². The van der Waals surface area contributed by atoms with Gasteiger partial charge in [0.25, 0.3) is 0 Å². The number of carbonyl (C=O) groups is 1. The predicted octanol–water partition coefficient (Wildman–Crippen LogP) is 0.791. The third-order valence-corrected chi connectivity index (χ3v) is 2.61. The van der Waals surface area contributed by atoms with E-state index in [0.29, 0.717) is 6.61 Å². The quantitative estimate of drug-likeness (QED) is 0.396. The van der Waals surface area contributed by atoms with Crippen molar-refractivity contribution in [2.24, 2.45) is 0 Å². The highest BCUT2D eigenvalue weighted by atomic mass is 16.5. The number of hydrogen-bond donors (Lipinski definition) is 1. The van der Waals surface area contributed by atoms with Crippen LogP contribution in [0.2, 0.25) is 0 Å². The maximum Gasteiger partial charge on any atom is 0.330 e. The molecule has 0 aromatic rings. The van der Waals surface area contributed by atoms with E-state index in [-0.39, 0.29) is 5.97 Å². The third-order valence-electron chi connectivity index (χ3n) is 2.61. The van der Waals surface area contributed by atoms with Crippen molar-refractivity contribution in [2.75, 3.05) is 39.3 Å². The first-order valence-electron chi connectivity index (χ1n) is 6.09. The van der Waals surface area contributed by atoms with Gasteiger partial charge in [-0.15, -0.1) is 0 Å². The molecule has 0 aromatic carbocycles. The van der Waals surface area contributed by atoms with Crippen LogP contribution in [0.4, 0.5) is 0 Å². The summed E-state index contributed by atoms with van der Waals surface area (Å²) in [4.78, 5) is 13.4. The average Bonchev–Trinajstić information content (AvgIpc) is 2.76. The van der Waals surface area contributed by atoms with Crippen LogP contribution in [0, 0.1) is 0 Å². The molecule has 0 saturated carbocycles. The second-order valence-corrected chi connectivity index (χ2v) is 3.91. The van der Waals surface area contributed by atoms with E-state index in [2.05, 4.69) is 10.2 Å². The SMILES string of the molecule is CCOC(=O)/C=C/CNCCN1CCCC1. The lowest BCUT2D eigenvalue weighted by Gasteiger charge is -2.13. The summed E-state index contributed by atoms with van der Waals surface area (Å²) >= 11 is 0. The molecular formula is C12H22N2O2. The van der Waals surface area contributed by atoms with Crippen LogP contribution in [0.15, 0.2) is 12.2 Å². The topological polar surface area (TPSA) is 41.6 Å². The van der Waals surface area contributed by atoms with E-state index in [4.69, 9.17) is 4.74 Å². The molecule has 1 aliphatic rings. The Morgan fingerprint density at radius 1 is 1.44 bits per heavy atom. The van der Waals surface area contributed by atoms with Crippen LogP contribution in [0.5, 0.6) is 0 Å². The minimum absolute atomic E-state index is 0.260. The van der Waals surface area contributed by atoms with Crippen LogP contribution in [0.25, 0.3) is 0 Å². The van der Waals surface area contributed by atoms with E-state index in [0.717, 1.165) is 19.6 Å². The van der Waals surface area contributed by atoms with Gasteiger partial charge < -0.3 is 15.0 Å². The fraction of sp³-hybridized carbons (Fsp3) is 0.750. The molecule has 4 nitrogen and oxygen atoms in total. The smallest absolute Gasteiger partial charge is 0.330 e. The molecule has 0 amide bonds. The van der Waals surface area contributed by atoms with Crippen molar-refractivity contribution in [3.8, 4) is 0 Å². The number of nitrogens with one attached hydrogen (secondary N) is 1. The standard InChI is InChI=1S/C12H22N2O2/c1-2-16-12(15)6-5-7-13-8-11-14-9-3-4-10-14/h5-6,13H,2-4,7-11H2,1H3/b6-5+. The van der Waals surface area contributed by atoms with Crippen LogP contribution in [-0.2, 0) is 9.53 Å². The monoisotopic (exact) mass is 226 g/mol. The number of likely N-dealkylation sites (tertiary alicyclic amines) is 1. The fourth-order valence-corrected chi connectivity index (χ4v) is 1.77. The van der Waals surface area contributed by atoms with E-state index in [1.165, 1.54) is 32.0 Å². The Kier molecular flexibility index (Phi) is 6.85. The molecule has 0 unspecified atom stereocenters. The lowest BCUT2D eigenvalue weighted by atomic mass is 10.4. The summed E-state index contributed by atoms with van der Waals surface area (Å²) in [6.45, 7) is 7.53. The minimum Gasteiger partial charge on any atom is -0.463 e. The van der Waals surface area contributed by atoms with E-state index in [1.54, 1.807) is 6.92 Å². The zero-order chi connectivity index (χ0) is 11.6. The van der Waals surface area contributed by atoms with Gasteiger partial charge in [0.2, 0.25) is 0 Å². The summed E-state index contributed by atoms with van der Waals surface area (Å²) in [5.74, 6) is -0.260. The maximum atomic E-state index is 10.9. The Bertz CT molecular complexity index is 223. The number of rotatable bonds is 7. The van der Waals surface area contributed by atoms with Gasteiger partial charge in [-0.2, -0.15) is 0 Å². The summed E-state index contributed by atoms with van der Waals surface area (Å²) in [5, 5.41) is 3.27. The first kappa shape index (κ1) is 13.2. The largest absolute Gasteiger partial charge is 0.463 e. The highest BCUT2D eigenvalue weighted by Crippen LogP contribution is 2.05. The normalized spacial score (nSPS) is 17.1. The van der Waals surface area contributed by atoms with Gasteiger partial charge in [0.05, 0.1) is 6.61 Å². The molecule has 1 heterocycles. The summed E-state index contributed by atoms with van der Waals surface area (Å²) in [6, 6.07) is 0. The molecule has 16 heavy (non-hydrogen) atoms. The number of carbonyl (C=O) groups excluding carboxylic acids is 1. The zero-order valence-electron chi connectivity index (χ0n) is 10.1. The Labute approximate surface area is 97.6 Å². The van der Waals surface area contributed by atoms with E-state index in [1.807, 2.05) is 6.08 Å². The van der Waals surface area contributed by atoms with Crippen molar-refractivity contribution in [1.82, 2.24) is 10.2 Å². The molecule has 1 fully saturated rings. The van der Waals surface area contributed by atoms with Crippen LogP contribution < -0.4 is 5.32 Å². The minimum atomic E-state index is -0.260. The van der Waals surface area contributed by atoms with Crippen LogP contribution in [-0.4, -0.2) is 50.2 Å². The molecule has 0 radical (unpaired) electrons. The number of nitrogens with zero attached hydrogens (tertiary/aromatic N) is 1.